The zero-order valence-corrected chi connectivity index (χ0v) is 13.9. The van der Waals surface area contributed by atoms with E-state index in [0.717, 1.165) is 11.1 Å². The fourth-order valence-corrected chi connectivity index (χ4v) is 2.64. The smallest absolute Gasteiger partial charge is 0.0245 e. The van der Waals surface area contributed by atoms with Crippen molar-refractivity contribution >= 4 is 0 Å². The van der Waals surface area contributed by atoms with Gasteiger partial charge in [-0.3, -0.25) is 0 Å². The molecule has 0 heterocycles. The predicted molar refractivity (Wildman–Crippen MR) is 102 cm³/mol. The van der Waals surface area contributed by atoms with Gasteiger partial charge in [-0.15, -0.1) is 11.8 Å². The zero-order valence-electron chi connectivity index (χ0n) is 13.9. The van der Waals surface area contributed by atoms with Crippen LogP contribution in [0.3, 0.4) is 0 Å². The third-order valence-corrected chi connectivity index (χ3v) is 3.86. The number of hydrogen-bond acceptors (Lipinski definition) is 0. The number of rotatable bonds is 2. The lowest BCUT2D eigenvalue weighted by atomic mass is 9.99. The Hall–Kier alpha value is -3.22. The minimum Gasteiger partial charge on any atom is -0.101 e. The van der Waals surface area contributed by atoms with Gasteiger partial charge < -0.3 is 0 Å². The van der Waals surface area contributed by atoms with Crippen LogP contribution in [0.15, 0.2) is 72.8 Å². The van der Waals surface area contributed by atoms with E-state index < -0.39 is 0 Å². The van der Waals surface area contributed by atoms with E-state index in [2.05, 4.69) is 96.5 Å². The fraction of sp³-hybridized carbons (Fsp3) is 0.0833. The quantitative estimate of drug-likeness (QED) is 0.528. The molecule has 3 rings (SSSR count). The Balaban J connectivity index is 1.83. The first kappa shape index (κ1) is 15.7. The summed E-state index contributed by atoms with van der Waals surface area (Å²) in [5, 5.41) is 0. The summed E-state index contributed by atoms with van der Waals surface area (Å²) >= 11 is 0. The average molecular weight is 306 g/mol. The lowest BCUT2D eigenvalue weighted by Gasteiger charge is -2.05. The van der Waals surface area contributed by atoms with Gasteiger partial charge in [0.2, 0.25) is 0 Å². The normalized spacial score (nSPS) is 9.42. The second-order valence-corrected chi connectivity index (χ2v) is 5.48. The maximum atomic E-state index is 3.07. The molecule has 0 saturated carbocycles. The van der Waals surface area contributed by atoms with Crippen molar-refractivity contribution in [3.63, 3.8) is 0 Å². The molecule has 3 aromatic carbocycles. The van der Waals surface area contributed by atoms with E-state index in [9.17, 15) is 0 Å². The van der Waals surface area contributed by atoms with E-state index >= 15 is 0 Å². The van der Waals surface area contributed by atoms with Crippen molar-refractivity contribution in [1.29, 1.82) is 0 Å². The van der Waals surface area contributed by atoms with Crippen LogP contribution in [0.25, 0.3) is 22.3 Å². The van der Waals surface area contributed by atoms with Crippen molar-refractivity contribution in [1.82, 2.24) is 0 Å². The Morgan fingerprint density at radius 2 is 0.667 bits per heavy atom. The molecular weight excluding hydrogens is 288 g/mol. The Bertz CT molecular complexity index is 851. The van der Waals surface area contributed by atoms with E-state index in [4.69, 9.17) is 0 Å². The molecule has 0 unspecified atom stereocenters. The first-order valence-electron chi connectivity index (χ1n) is 7.96. The summed E-state index contributed by atoms with van der Waals surface area (Å²) in [6, 6.07) is 25.4. The summed E-state index contributed by atoms with van der Waals surface area (Å²) < 4.78 is 0. The third-order valence-electron chi connectivity index (χ3n) is 3.86. The van der Waals surface area contributed by atoms with Gasteiger partial charge in [0.1, 0.15) is 0 Å². The van der Waals surface area contributed by atoms with Crippen molar-refractivity contribution in [3.05, 3.63) is 83.9 Å². The molecule has 0 radical (unpaired) electrons. The largest absolute Gasteiger partial charge is 0.101 e. The SMILES string of the molecule is CC#Cc1ccc(-c2ccc(-c3ccc(C#CC)cc3)cc2)cc1. The molecular formula is C24H18. The van der Waals surface area contributed by atoms with E-state index in [-0.39, 0.29) is 0 Å². The zero-order chi connectivity index (χ0) is 16.8. The minimum absolute atomic E-state index is 1.05. The number of hydrogen-bond donors (Lipinski definition) is 0. The highest BCUT2D eigenvalue weighted by Gasteiger charge is 2.01. The summed E-state index contributed by atoms with van der Waals surface area (Å²) in [7, 11) is 0. The molecule has 0 aromatic heterocycles. The Morgan fingerprint density at radius 3 is 0.917 bits per heavy atom. The van der Waals surface area contributed by atoms with Gasteiger partial charge in [-0.05, 0) is 60.4 Å². The molecule has 0 bridgehead atoms. The maximum absolute atomic E-state index is 3.07. The molecule has 114 valence electrons. The van der Waals surface area contributed by atoms with Gasteiger partial charge >= 0.3 is 0 Å². The first-order chi connectivity index (χ1) is 11.8. The Labute approximate surface area is 144 Å². The second kappa shape index (κ2) is 7.36. The molecule has 0 N–H and O–H groups in total. The molecule has 0 atom stereocenters. The molecule has 0 aliphatic carbocycles. The van der Waals surface area contributed by atoms with Crippen LogP contribution in [0.4, 0.5) is 0 Å². The number of benzene rings is 3. The van der Waals surface area contributed by atoms with Gasteiger partial charge in [-0.2, -0.15) is 0 Å². The van der Waals surface area contributed by atoms with E-state index in [1.807, 2.05) is 13.8 Å². The van der Waals surface area contributed by atoms with Crippen LogP contribution < -0.4 is 0 Å². The van der Waals surface area contributed by atoms with Crippen molar-refractivity contribution < 1.29 is 0 Å². The second-order valence-electron chi connectivity index (χ2n) is 5.48. The minimum atomic E-state index is 1.05. The molecule has 0 spiro atoms. The van der Waals surface area contributed by atoms with Gasteiger partial charge in [0.15, 0.2) is 0 Å². The van der Waals surface area contributed by atoms with Crippen LogP contribution in [0.5, 0.6) is 0 Å². The fourth-order valence-electron chi connectivity index (χ4n) is 2.64. The van der Waals surface area contributed by atoms with Crippen LogP contribution in [0.1, 0.15) is 25.0 Å². The van der Waals surface area contributed by atoms with E-state index in [1.54, 1.807) is 0 Å². The van der Waals surface area contributed by atoms with Crippen LogP contribution in [0, 0.1) is 23.7 Å². The topological polar surface area (TPSA) is 0 Å². The van der Waals surface area contributed by atoms with Gasteiger partial charge in [-0.25, -0.2) is 0 Å². The molecule has 0 fully saturated rings. The highest BCUT2D eigenvalue weighted by Crippen LogP contribution is 2.25. The van der Waals surface area contributed by atoms with Gasteiger partial charge in [0.25, 0.3) is 0 Å². The summed E-state index contributed by atoms with van der Waals surface area (Å²) in [6.07, 6.45) is 0. The highest BCUT2D eigenvalue weighted by molar-refractivity contribution is 5.71. The van der Waals surface area contributed by atoms with Crippen molar-refractivity contribution in [3.8, 4) is 45.9 Å². The highest BCUT2D eigenvalue weighted by atomic mass is 14.0. The summed E-state index contributed by atoms with van der Waals surface area (Å²) in [5.41, 5.74) is 6.93. The van der Waals surface area contributed by atoms with Crippen molar-refractivity contribution in [2.45, 2.75) is 13.8 Å². The molecule has 0 aliphatic rings. The van der Waals surface area contributed by atoms with Crippen LogP contribution in [0.2, 0.25) is 0 Å². The third kappa shape index (κ3) is 3.57. The molecule has 0 heteroatoms. The lowest BCUT2D eigenvalue weighted by Crippen LogP contribution is -1.82. The average Bonchev–Trinajstić information content (AvgIpc) is 2.64. The first-order valence-corrected chi connectivity index (χ1v) is 7.96. The van der Waals surface area contributed by atoms with Gasteiger partial charge in [0, 0.05) is 11.1 Å². The monoisotopic (exact) mass is 306 g/mol. The van der Waals surface area contributed by atoms with Gasteiger partial charge in [-0.1, -0.05) is 60.4 Å². The Kier molecular flexibility index (Phi) is 4.81. The summed E-state index contributed by atoms with van der Waals surface area (Å²) in [6.45, 7) is 3.71. The summed E-state index contributed by atoms with van der Waals surface area (Å²) in [4.78, 5) is 0. The Morgan fingerprint density at radius 1 is 0.417 bits per heavy atom. The van der Waals surface area contributed by atoms with E-state index in [0.29, 0.717) is 0 Å². The standard InChI is InChI=1S/C24H18/c1-3-5-19-7-11-21(12-8-19)23-15-17-24(18-16-23)22-13-9-20(6-4-2)10-14-22/h7-18H,1-2H3. The molecule has 3 aromatic rings. The summed E-state index contributed by atoms with van der Waals surface area (Å²) in [5.74, 6) is 12.0. The predicted octanol–water partition coefficient (Wildman–Crippen LogP) is 5.76. The molecule has 0 saturated heterocycles. The molecule has 24 heavy (non-hydrogen) atoms. The molecule has 0 amide bonds. The maximum Gasteiger partial charge on any atom is 0.0245 e. The van der Waals surface area contributed by atoms with Crippen molar-refractivity contribution in [2.24, 2.45) is 0 Å². The van der Waals surface area contributed by atoms with Crippen LogP contribution >= 0.6 is 0 Å². The van der Waals surface area contributed by atoms with Crippen LogP contribution in [-0.4, -0.2) is 0 Å². The molecule has 0 nitrogen and oxygen atoms in total. The van der Waals surface area contributed by atoms with E-state index in [1.165, 1.54) is 22.3 Å². The van der Waals surface area contributed by atoms with Crippen LogP contribution in [-0.2, 0) is 0 Å². The van der Waals surface area contributed by atoms with Gasteiger partial charge in [0.05, 0.1) is 0 Å². The molecule has 0 aliphatic heterocycles. The van der Waals surface area contributed by atoms with Crippen molar-refractivity contribution in [2.75, 3.05) is 0 Å². The lowest BCUT2D eigenvalue weighted by molar-refractivity contribution is 1.57.